The number of carbonyl (C=O) groups is 2. The van der Waals surface area contributed by atoms with E-state index in [1.54, 1.807) is 18.3 Å². The van der Waals surface area contributed by atoms with Crippen LogP contribution < -0.4 is 4.74 Å². The van der Waals surface area contributed by atoms with Gasteiger partial charge in [-0.3, -0.25) is 14.6 Å². The van der Waals surface area contributed by atoms with Crippen molar-refractivity contribution in [1.82, 2.24) is 9.88 Å². The van der Waals surface area contributed by atoms with Gasteiger partial charge in [0.05, 0.1) is 24.3 Å². The van der Waals surface area contributed by atoms with Crippen LogP contribution in [0.15, 0.2) is 48.3 Å². The number of methoxy groups -OCH3 is 1. The Morgan fingerprint density at radius 3 is 2.74 bits per heavy atom. The molecule has 2 aromatic rings. The number of aromatic nitrogens is 1. The SMILES string of the molecule is CCCN1C(=O)C(=O)/C(=C(/O)c2cc(F)ccc2OC)C1c1cccnc1. The second-order valence-electron chi connectivity index (χ2n) is 6.12. The molecule has 0 aliphatic carbocycles. The molecule has 1 aromatic carbocycles. The van der Waals surface area contributed by atoms with Crippen LogP contribution in [0.2, 0.25) is 0 Å². The lowest BCUT2D eigenvalue weighted by molar-refractivity contribution is -0.139. The lowest BCUT2D eigenvalue weighted by Crippen LogP contribution is -2.30. The number of Topliss-reactive ketones (excluding diaryl/α,β-unsaturated/α-hetero) is 1. The molecule has 0 saturated carbocycles. The Bertz CT molecular complexity index is 911. The van der Waals surface area contributed by atoms with E-state index in [1.807, 2.05) is 6.92 Å². The normalized spacial score (nSPS) is 18.8. The maximum Gasteiger partial charge on any atom is 0.295 e. The van der Waals surface area contributed by atoms with Crippen molar-refractivity contribution in [2.24, 2.45) is 0 Å². The largest absolute Gasteiger partial charge is 0.507 e. The van der Waals surface area contributed by atoms with Gasteiger partial charge in [0.1, 0.15) is 17.3 Å². The number of hydrogen-bond donors (Lipinski definition) is 1. The highest BCUT2D eigenvalue weighted by Crippen LogP contribution is 2.40. The molecule has 1 N–H and O–H groups in total. The van der Waals surface area contributed by atoms with Gasteiger partial charge in [0.25, 0.3) is 11.7 Å². The Morgan fingerprint density at radius 2 is 2.11 bits per heavy atom. The van der Waals surface area contributed by atoms with Gasteiger partial charge in [0.15, 0.2) is 0 Å². The van der Waals surface area contributed by atoms with Crippen molar-refractivity contribution >= 4 is 17.4 Å². The molecule has 0 bridgehead atoms. The number of ketones is 1. The summed E-state index contributed by atoms with van der Waals surface area (Å²) in [4.78, 5) is 30.7. The summed E-state index contributed by atoms with van der Waals surface area (Å²) < 4.78 is 18.9. The van der Waals surface area contributed by atoms with E-state index in [9.17, 15) is 19.1 Å². The molecule has 140 valence electrons. The predicted molar refractivity (Wildman–Crippen MR) is 96.5 cm³/mol. The first kappa shape index (κ1) is 18.6. The van der Waals surface area contributed by atoms with Gasteiger partial charge < -0.3 is 14.7 Å². The minimum Gasteiger partial charge on any atom is -0.507 e. The highest BCUT2D eigenvalue weighted by Gasteiger charge is 2.46. The molecule has 1 fully saturated rings. The second-order valence-corrected chi connectivity index (χ2v) is 6.12. The first-order chi connectivity index (χ1) is 13.0. The van der Waals surface area contributed by atoms with Gasteiger partial charge in [0, 0.05) is 18.9 Å². The van der Waals surface area contributed by atoms with Crippen LogP contribution in [0.5, 0.6) is 5.75 Å². The number of rotatable bonds is 5. The highest BCUT2D eigenvalue weighted by atomic mass is 19.1. The van der Waals surface area contributed by atoms with Crippen LogP contribution in [0.4, 0.5) is 4.39 Å². The van der Waals surface area contributed by atoms with Crippen molar-refractivity contribution in [3.63, 3.8) is 0 Å². The number of aliphatic hydroxyl groups is 1. The van der Waals surface area contributed by atoms with Gasteiger partial charge in [-0.1, -0.05) is 13.0 Å². The third kappa shape index (κ3) is 3.28. The zero-order valence-electron chi connectivity index (χ0n) is 15.0. The number of amides is 1. The molecule has 3 rings (SSSR count). The third-order valence-corrected chi connectivity index (χ3v) is 4.42. The molecule has 1 aromatic heterocycles. The quantitative estimate of drug-likeness (QED) is 0.497. The second kappa shape index (κ2) is 7.57. The maximum absolute atomic E-state index is 13.8. The zero-order chi connectivity index (χ0) is 19.6. The average Bonchev–Trinajstić information content (AvgIpc) is 2.93. The van der Waals surface area contributed by atoms with Gasteiger partial charge in [-0.05, 0) is 36.2 Å². The number of aliphatic hydroxyl groups excluding tert-OH is 1. The van der Waals surface area contributed by atoms with Crippen molar-refractivity contribution in [3.05, 3.63) is 65.2 Å². The molecule has 1 atom stereocenters. The fourth-order valence-corrected chi connectivity index (χ4v) is 3.25. The Morgan fingerprint density at radius 1 is 1.33 bits per heavy atom. The molecular weight excluding hydrogens is 351 g/mol. The van der Waals surface area contributed by atoms with Crippen LogP contribution in [-0.2, 0) is 9.59 Å². The number of ether oxygens (including phenoxy) is 1. The molecule has 2 heterocycles. The van der Waals surface area contributed by atoms with Gasteiger partial charge in [-0.15, -0.1) is 0 Å². The first-order valence-corrected chi connectivity index (χ1v) is 8.51. The number of hydrogen-bond acceptors (Lipinski definition) is 5. The number of carbonyl (C=O) groups excluding carboxylic acids is 2. The summed E-state index contributed by atoms with van der Waals surface area (Å²) in [5.74, 6) is -2.40. The maximum atomic E-state index is 13.8. The summed E-state index contributed by atoms with van der Waals surface area (Å²) in [6.07, 6.45) is 3.74. The van der Waals surface area contributed by atoms with Gasteiger partial charge in [-0.2, -0.15) is 0 Å². The van der Waals surface area contributed by atoms with Crippen molar-refractivity contribution in [1.29, 1.82) is 0 Å². The summed E-state index contributed by atoms with van der Waals surface area (Å²) in [5.41, 5.74) is 0.494. The molecule has 7 heteroatoms. The van der Waals surface area contributed by atoms with E-state index in [4.69, 9.17) is 4.74 Å². The van der Waals surface area contributed by atoms with Crippen LogP contribution >= 0.6 is 0 Å². The highest BCUT2D eigenvalue weighted by molar-refractivity contribution is 6.46. The minimum atomic E-state index is -0.818. The fourth-order valence-electron chi connectivity index (χ4n) is 3.25. The van der Waals surface area contributed by atoms with Crippen LogP contribution in [0.1, 0.15) is 30.5 Å². The number of nitrogens with zero attached hydrogens (tertiary/aromatic N) is 2. The average molecular weight is 370 g/mol. The van der Waals surface area contributed by atoms with Crippen LogP contribution in [0, 0.1) is 5.82 Å². The van der Waals surface area contributed by atoms with Gasteiger partial charge in [0.2, 0.25) is 0 Å². The summed E-state index contributed by atoms with van der Waals surface area (Å²) in [7, 11) is 1.37. The van der Waals surface area contributed by atoms with Gasteiger partial charge in [-0.25, -0.2) is 4.39 Å². The number of pyridine rings is 1. The van der Waals surface area contributed by atoms with Gasteiger partial charge >= 0.3 is 0 Å². The topological polar surface area (TPSA) is 79.7 Å². The molecule has 1 saturated heterocycles. The minimum absolute atomic E-state index is 0.0147. The van der Waals surface area contributed by atoms with E-state index in [1.165, 1.54) is 30.3 Å². The van der Waals surface area contributed by atoms with Crippen LogP contribution in [0.3, 0.4) is 0 Å². The predicted octanol–water partition coefficient (Wildman–Crippen LogP) is 3.06. The van der Waals surface area contributed by atoms with Crippen molar-refractivity contribution in [3.8, 4) is 5.75 Å². The summed E-state index contributed by atoms with van der Waals surface area (Å²) in [6, 6.07) is 6.22. The lowest BCUT2D eigenvalue weighted by atomic mass is 9.96. The standard InChI is InChI=1S/C20H19FN2O4/c1-3-9-23-17(12-5-4-8-22-11-12)16(19(25)20(23)26)18(24)14-10-13(21)6-7-15(14)27-2/h4-8,10-11,17,24H,3,9H2,1-2H3/b18-16+. The number of benzene rings is 1. The van der Waals surface area contributed by atoms with Crippen LogP contribution in [-0.4, -0.2) is 40.3 Å². The van der Waals surface area contributed by atoms with E-state index in [2.05, 4.69) is 4.98 Å². The van der Waals surface area contributed by atoms with E-state index >= 15 is 0 Å². The Labute approximate surface area is 155 Å². The molecule has 6 nitrogen and oxygen atoms in total. The van der Waals surface area contributed by atoms with E-state index in [0.29, 0.717) is 18.5 Å². The van der Waals surface area contributed by atoms with Crippen molar-refractivity contribution in [2.75, 3.05) is 13.7 Å². The number of halogens is 1. The molecular formula is C20H19FN2O4. The first-order valence-electron chi connectivity index (χ1n) is 8.51. The molecule has 1 unspecified atom stereocenters. The molecule has 1 amide bonds. The molecule has 0 spiro atoms. The fraction of sp³-hybridized carbons (Fsp3) is 0.250. The Hall–Kier alpha value is -3.22. The van der Waals surface area contributed by atoms with Crippen molar-refractivity contribution in [2.45, 2.75) is 19.4 Å². The Kier molecular flexibility index (Phi) is 5.21. The zero-order valence-corrected chi connectivity index (χ0v) is 15.0. The molecule has 0 radical (unpaired) electrons. The lowest BCUT2D eigenvalue weighted by Gasteiger charge is -2.24. The van der Waals surface area contributed by atoms with E-state index < -0.39 is 29.3 Å². The summed E-state index contributed by atoms with van der Waals surface area (Å²) >= 11 is 0. The third-order valence-electron chi connectivity index (χ3n) is 4.42. The smallest absolute Gasteiger partial charge is 0.295 e. The number of likely N-dealkylation sites (tertiary alicyclic amines) is 1. The monoisotopic (exact) mass is 370 g/mol. The Balaban J connectivity index is 2.24. The van der Waals surface area contributed by atoms with Crippen molar-refractivity contribution < 1.29 is 23.8 Å². The van der Waals surface area contributed by atoms with E-state index in [0.717, 1.165) is 6.07 Å². The summed E-state index contributed by atoms with van der Waals surface area (Å²) in [6.45, 7) is 2.22. The molecule has 1 aliphatic heterocycles. The van der Waals surface area contributed by atoms with Crippen LogP contribution in [0.25, 0.3) is 5.76 Å². The summed E-state index contributed by atoms with van der Waals surface area (Å²) in [5, 5.41) is 10.9. The molecule has 1 aliphatic rings. The van der Waals surface area contributed by atoms with E-state index in [-0.39, 0.29) is 16.9 Å². The molecule has 27 heavy (non-hydrogen) atoms.